The summed E-state index contributed by atoms with van der Waals surface area (Å²) in [7, 11) is 0. The molecule has 0 fully saturated rings. The highest BCUT2D eigenvalue weighted by atomic mass is 32.1. The molecular formula is C12H16O3S. The lowest BCUT2D eigenvalue weighted by Gasteiger charge is -1.97. The normalized spacial score (nSPS) is 10.1. The van der Waals surface area contributed by atoms with E-state index in [4.69, 9.17) is 0 Å². The van der Waals surface area contributed by atoms with Crippen molar-refractivity contribution in [3.05, 3.63) is 21.9 Å². The summed E-state index contributed by atoms with van der Waals surface area (Å²) in [5.74, 6) is -1.29. The third-order valence-corrected chi connectivity index (χ3v) is 3.27. The summed E-state index contributed by atoms with van der Waals surface area (Å²) in [6.07, 6.45) is 3.20. The van der Waals surface area contributed by atoms with Gasteiger partial charge < -0.3 is 4.74 Å². The second-order valence-corrected chi connectivity index (χ2v) is 4.59. The predicted octanol–water partition coefficient (Wildman–Crippen LogP) is 2.84. The number of carbonyl (C=O) groups excluding carboxylic acids is 2. The van der Waals surface area contributed by atoms with Gasteiger partial charge in [0.1, 0.15) is 0 Å². The minimum Gasteiger partial charge on any atom is -0.460 e. The molecule has 1 heterocycles. The summed E-state index contributed by atoms with van der Waals surface area (Å²) < 4.78 is 4.67. The monoisotopic (exact) mass is 240 g/mol. The molecule has 0 aromatic carbocycles. The summed E-state index contributed by atoms with van der Waals surface area (Å²) in [6, 6.07) is 3.61. The van der Waals surface area contributed by atoms with Crippen LogP contribution in [0.25, 0.3) is 0 Å². The molecule has 0 amide bonds. The summed E-state index contributed by atoms with van der Waals surface area (Å²) in [4.78, 5) is 24.4. The zero-order valence-electron chi connectivity index (χ0n) is 9.62. The zero-order chi connectivity index (χ0) is 12.0. The van der Waals surface area contributed by atoms with Crippen molar-refractivity contribution in [1.82, 2.24) is 0 Å². The van der Waals surface area contributed by atoms with Gasteiger partial charge in [-0.1, -0.05) is 13.3 Å². The molecule has 0 aliphatic heterocycles. The molecule has 16 heavy (non-hydrogen) atoms. The van der Waals surface area contributed by atoms with E-state index in [0.29, 0.717) is 4.88 Å². The highest BCUT2D eigenvalue weighted by molar-refractivity contribution is 7.14. The Balaban J connectivity index is 2.62. The van der Waals surface area contributed by atoms with Crippen molar-refractivity contribution in [3.8, 4) is 0 Å². The van der Waals surface area contributed by atoms with Gasteiger partial charge in [-0.3, -0.25) is 4.79 Å². The fraction of sp³-hybridized carbons (Fsp3) is 0.500. The van der Waals surface area contributed by atoms with Gasteiger partial charge in [0, 0.05) is 4.88 Å². The first-order chi connectivity index (χ1) is 7.69. The van der Waals surface area contributed by atoms with Gasteiger partial charge in [0.2, 0.25) is 0 Å². The van der Waals surface area contributed by atoms with E-state index >= 15 is 0 Å². The van der Waals surface area contributed by atoms with Crippen LogP contribution < -0.4 is 0 Å². The van der Waals surface area contributed by atoms with E-state index in [1.807, 2.05) is 6.07 Å². The number of unbranched alkanes of at least 4 members (excludes halogenated alkanes) is 1. The number of hydrogen-bond acceptors (Lipinski definition) is 4. The molecule has 0 spiro atoms. The Morgan fingerprint density at radius 2 is 2.06 bits per heavy atom. The van der Waals surface area contributed by atoms with Gasteiger partial charge in [-0.25, -0.2) is 4.79 Å². The summed E-state index contributed by atoms with van der Waals surface area (Å²) in [5, 5.41) is 0. The molecule has 1 aromatic heterocycles. The molecule has 0 radical (unpaired) electrons. The van der Waals surface area contributed by atoms with E-state index in [0.717, 1.165) is 24.1 Å². The van der Waals surface area contributed by atoms with Crippen LogP contribution >= 0.6 is 11.3 Å². The molecule has 0 atom stereocenters. The number of aryl methyl sites for hydroxylation is 1. The van der Waals surface area contributed by atoms with Crippen LogP contribution in [0.2, 0.25) is 0 Å². The van der Waals surface area contributed by atoms with Gasteiger partial charge >= 0.3 is 5.97 Å². The van der Waals surface area contributed by atoms with E-state index in [9.17, 15) is 9.59 Å². The third kappa shape index (κ3) is 3.45. The Labute approximate surface area is 99.4 Å². The summed E-state index contributed by atoms with van der Waals surface area (Å²) in [6.45, 7) is 4.04. The van der Waals surface area contributed by atoms with E-state index in [1.165, 1.54) is 11.3 Å². The Hall–Kier alpha value is -1.16. The molecule has 88 valence electrons. The molecule has 0 saturated carbocycles. The van der Waals surface area contributed by atoms with E-state index in [2.05, 4.69) is 11.7 Å². The zero-order valence-corrected chi connectivity index (χ0v) is 10.4. The maximum absolute atomic E-state index is 11.6. The van der Waals surface area contributed by atoms with E-state index < -0.39 is 11.8 Å². The van der Waals surface area contributed by atoms with Crippen LogP contribution in [0, 0.1) is 0 Å². The quantitative estimate of drug-likeness (QED) is 0.436. The van der Waals surface area contributed by atoms with Gasteiger partial charge in [0.15, 0.2) is 0 Å². The number of carbonyl (C=O) groups is 2. The number of rotatable bonds is 6. The predicted molar refractivity (Wildman–Crippen MR) is 63.9 cm³/mol. The van der Waals surface area contributed by atoms with Crippen molar-refractivity contribution in [2.24, 2.45) is 0 Å². The van der Waals surface area contributed by atoms with Crippen LogP contribution in [0.15, 0.2) is 12.1 Å². The van der Waals surface area contributed by atoms with Crippen molar-refractivity contribution < 1.29 is 14.3 Å². The highest BCUT2D eigenvalue weighted by Crippen LogP contribution is 2.19. The average Bonchev–Trinajstić information content (AvgIpc) is 2.74. The number of hydrogen-bond donors (Lipinski definition) is 0. The molecule has 0 bridgehead atoms. The van der Waals surface area contributed by atoms with Crippen LogP contribution in [0.1, 0.15) is 41.2 Å². The lowest BCUT2D eigenvalue weighted by molar-refractivity contribution is -0.137. The van der Waals surface area contributed by atoms with Gasteiger partial charge in [-0.05, 0) is 31.9 Å². The lowest BCUT2D eigenvalue weighted by Crippen LogP contribution is -2.16. The van der Waals surface area contributed by atoms with Gasteiger partial charge in [-0.2, -0.15) is 0 Å². The minimum absolute atomic E-state index is 0.235. The van der Waals surface area contributed by atoms with E-state index in [-0.39, 0.29) is 6.61 Å². The molecule has 1 rings (SSSR count). The van der Waals surface area contributed by atoms with Crippen LogP contribution in [0.3, 0.4) is 0 Å². The van der Waals surface area contributed by atoms with Crippen molar-refractivity contribution in [2.75, 3.05) is 6.61 Å². The SMILES string of the molecule is CCCCc1ccc(C(=O)C(=O)OCC)s1. The molecule has 0 aliphatic rings. The molecule has 1 aromatic rings. The summed E-state index contributed by atoms with van der Waals surface area (Å²) >= 11 is 1.38. The molecule has 3 nitrogen and oxygen atoms in total. The molecule has 0 N–H and O–H groups in total. The van der Waals surface area contributed by atoms with Crippen molar-refractivity contribution >= 4 is 23.1 Å². The van der Waals surface area contributed by atoms with Crippen molar-refractivity contribution in [3.63, 3.8) is 0 Å². The largest absolute Gasteiger partial charge is 0.460 e. The standard InChI is InChI=1S/C12H16O3S/c1-3-5-6-9-7-8-10(16-9)11(13)12(14)15-4-2/h7-8H,3-6H2,1-2H3. The van der Waals surface area contributed by atoms with Crippen LogP contribution in [0.5, 0.6) is 0 Å². The van der Waals surface area contributed by atoms with E-state index in [1.54, 1.807) is 13.0 Å². The number of ether oxygens (including phenoxy) is 1. The van der Waals surface area contributed by atoms with Gasteiger partial charge in [-0.15, -0.1) is 11.3 Å². The van der Waals surface area contributed by atoms with Crippen LogP contribution in [0.4, 0.5) is 0 Å². The van der Waals surface area contributed by atoms with Crippen molar-refractivity contribution in [2.45, 2.75) is 33.1 Å². The fourth-order valence-corrected chi connectivity index (χ4v) is 2.26. The third-order valence-electron chi connectivity index (χ3n) is 2.12. The topological polar surface area (TPSA) is 43.4 Å². The molecule has 0 aliphatic carbocycles. The first kappa shape index (κ1) is 12.9. The smallest absolute Gasteiger partial charge is 0.380 e. The maximum atomic E-state index is 11.6. The van der Waals surface area contributed by atoms with Crippen LogP contribution in [-0.2, 0) is 16.0 Å². The minimum atomic E-state index is -0.758. The first-order valence-electron chi connectivity index (χ1n) is 5.49. The summed E-state index contributed by atoms with van der Waals surface area (Å²) in [5.41, 5.74) is 0. The number of esters is 1. The average molecular weight is 240 g/mol. The lowest BCUT2D eigenvalue weighted by atomic mass is 10.2. The number of Topliss-reactive ketones (excluding diaryl/α,β-unsaturated/α-hetero) is 1. The Morgan fingerprint density at radius 3 is 2.69 bits per heavy atom. The van der Waals surface area contributed by atoms with Crippen LogP contribution in [-0.4, -0.2) is 18.4 Å². The fourth-order valence-electron chi connectivity index (χ4n) is 1.28. The molecule has 4 heteroatoms. The molecule has 0 saturated heterocycles. The molecule has 0 unspecified atom stereocenters. The highest BCUT2D eigenvalue weighted by Gasteiger charge is 2.19. The first-order valence-corrected chi connectivity index (χ1v) is 6.30. The Kier molecular flexibility index (Phi) is 5.19. The maximum Gasteiger partial charge on any atom is 0.380 e. The Bertz CT molecular complexity index is 368. The van der Waals surface area contributed by atoms with Gasteiger partial charge in [0.25, 0.3) is 5.78 Å². The molecular weight excluding hydrogens is 224 g/mol. The van der Waals surface area contributed by atoms with Crippen molar-refractivity contribution in [1.29, 1.82) is 0 Å². The second-order valence-electron chi connectivity index (χ2n) is 3.42. The number of thiophene rings is 1. The van der Waals surface area contributed by atoms with Gasteiger partial charge in [0.05, 0.1) is 11.5 Å². The Morgan fingerprint density at radius 1 is 1.31 bits per heavy atom. The second kappa shape index (κ2) is 6.43. The number of ketones is 1.